The van der Waals surface area contributed by atoms with Crippen LogP contribution in [-0.4, -0.2) is 61.0 Å². The molecule has 8 heteroatoms. The van der Waals surface area contributed by atoms with Gasteiger partial charge in [0.15, 0.2) is 0 Å². The lowest BCUT2D eigenvalue weighted by molar-refractivity contribution is 0.0582. The van der Waals surface area contributed by atoms with E-state index in [0.29, 0.717) is 5.56 Å². The van der Waals surface area contributed by atoms with Crippen molar-refractivity contribution in [3.8, 4) is 0 Å². The molecule has 0 aliphatic carbocycles. The van der Waals surface area contributed by atoms with Crippen LogP contribution < -0.4 is 4.90 Å². The van der Waals surface area contributed by atoms with E-state index in [4.69, 9.17) is 11.6 Å². The molecule has 0 radical (unpaired) electrons. The van der Waals surface area contributed by atoms with E-state index in [-0.39, 0.29) is 42.6 Å². The summed E-state index contributed by atoms with van der Waals surface area (Å²) in [4.78, 5) is 19.9. The Morgan fingerprint density at radius 3 is 2.22 bits per heavy atom. The Labute approximate surface area is 207 Å². The summed E-state index contributed by atoms with van der Waals surface area (Å²) in [5.74, 6) is -0.272. The first-order valence-electron chi connectivity index (χ1n) is 10.9. The third-order valence-corrected chi connectivity index (χ3v) is 6.57. The molecule has 2 heterocycles. The van der Waals surface area contributed by atoms with E-state index in [9.17, 15) is 9.18 Å². The van der Waals surface area contributed by atoms with Gasteiger partial charge >= 0.3 is 0 Å². The van der Waals surface area contributed by atoms with Gasteiger partial charge in [0, 0.05) is 61.6 Å². The molecule has 0 aromatic heterocycles. The largest absolute Gasteiger partial charge is 0.369 e. The third-order valence-electron chi connectivity index (χ3n) is 6.32. The van der Waals surface area contributed by atoms with Crippen LogP contribution >= 0.6 is 36.4 Å². The second-order valence-electron chi connectivity index (χ2n) is 8.25. The van der Waals surface area contributed by atoms with Crippen molar-refractivity contribution in [2.24, 2.45) is 0 Å². The van der Waals surface area contributed by atoms with Crippen molar-refractivity contribution >= 4 is 48.0 Å². The zero-order valence-corrected chi connectivity index (χ0v) is 20.5. The summed E-state index contributed by atoms with van der Waals surface area (Å²) >= 11 is 6.00. The second-order valence-corrected chi connectivity index (χ2v) is 8.69. The van der Waals surface area contributed by atoms with Crippen LogP contribution in [0.1, 0.15) is 36.0 Å². The summed E-state index contributed by atoms with van der Waals surface area (Å²) in [5, 5.41) is 0.768. The Kier molecular flexibility index (Phi) is 10.6. The van der Waals surface area contributed by atoms with Crippen LogP contribution in [0.3, 0.4) is 0 Å². The molecule has 0 saturated carbocycles. The minimum Gasteiger partial charge on any atom is -0.369 e. The van der Waals surface area contributed by atoms with Gasteiger partial charge in [-0.2, -0.15) is 0 Å². The van der Waals surface area contributed by atoms with Gasteiger partial charge in [0.05, 0.1) is 0 Å². The molecule has 32 heavy (non-hydrogen) atoms. The topological polar surface area (TPSA) is 26.8 Å². The number of hydrogen-bond acceptors (Lipinski definition) is 3. The molecule has 2 saturated heterocycles. The van der Waals surface area contributed by atoms with E-state index in [2.05, 4.69) is 21.9 Å². The molecule has 1 atom stereocenters. The number of carbonyl (C=O) groups excluding carboxylic acids is 1. The zero-order valence-electron chi connectivity index (χ0n) is 18.1. The lowest BCUT2D eigenvalue weighted by Gasteiger charge is -2.39. The van der Waals surface area contributed by atoms with Crippen LogP contribution in [0.5, 0.6) is 0 Å². The smallest absolute Gasteiger partial charge is 0.254 e. The highest BCUT2D eigenvalue weighted by Crippen LogP contribution is 2.24. The highest BCUT2D eigenvalue weighted by Gasteiger charge is 2.28. The van der Waals surface area contributed by atoms with Crippen molar-refractivity contribution in [2.75, 3.05) is 44.2 Å². The van der Waals surface area contributed by atoms with Gasteiger partial charge in [-0.15, -0.1) is 24.8 Å². The fourth-order valence-corrected chi connectivity index (χ4v) is 4.67. The number of amides is 1. The Balaban J connectivity index is 0.00000181. The van der Waals surface area contributed by atoms with E-state index >= 15 is 0 Å². The number of hydrogen-bond donors (Lipinski definition) is 0. The average molecular weight is 503 g/mol. The lowest BCUT2D eigenvalue weighted by atomic mass is 9.97. The van der Waals surface area contributed by atoms with Crippen molar-refractivity contribution in [1.29, 1.82) is 0 Å². The van der Waals surface area contributed by atoms with Gasteiger partial charge in [-0.25, -0.2) is 4.39 Å². The van der Waals surface area contributed by atoms with Gasteiger partial charge in [-0.05, 0) is 74.2 Å². The molecule has 176 valence electrons. The molecule has 2 aromatic rings. The number of benzene rings is 2. The van der Waals surface area contributed by atoms with Crippen molar-refractivity contribution in [1.82, 2.24) is 9.80 Å². The van der Waals surface area contributed by atoms with Crippen LogP contribution in [0, 0.1) is 5.82 Å². The monoisotopic (exact) mass is 501 g/mol. The zero-order chi connectivity index (χ0) is 20.9. The van der Waals surface area contributed by atoms with E-state index in [1.54, 1.807) is 12.1 Å². The SMILES string of the molecule is Cl.Cl.O=C(c1ccc(F)cc1)N1CCCCC1CCN1CCN(c2ccc(Cl)cc2)CC1. The van der Waals surface area contributed by atoms with Gasteiger partial charge in [-0.1, -0.05) is 11.6 Å². The highest BCUT2D eigenvalue weighted by molar-refractivity contribution is 6.30. The number of nitrogens with zero attached hydrogens (tertiary/aromatic N) is 3. The van der Waals surface area contributed by atoms with E-state index in [1.165, 1.54) is 24.2 Å². The Hall–Kier alpha value is -1.53. The third kappa shape index (κ3) is 6.74. The van der Waals surface area contributed by atoms with Crippen LogP contribution in [0.25, 0.3) is 0 Å². The summed E-state index contributed by atoms with van der Waals surface area (Å²) in [6.07, 6.45) is 4.26. The number of likely N-dealkylation sites (tertiary alicyclic amines) is 1. The maximum Gasteiger partial charge on any atom is 0.254 e. The predicted molar refractivity (Wildman–Crippen MR) is 134 cm³/mol. The van der Waals surface area contributed by atoms with Gasteiger partial charge in [0.2, 0.25) is 0 Å². The van der Waals surface area contributed by atoms with Crippen LogP contribution in [0.15, 0.2) is 48.5 Å². The van der Waals surface area contributed by atoms with Crippen LogP contribution in [0.4, 0.5) is 10.1 Å². The van der Waals surface area contributed by atoms with Crippen molar-refractivity contribution in [3.63, 3.8) is 0 Å². The quantitative estimate of drug-likeness (QED) is 0.538. The number of piperazine rings is 1. The summed E-state index contributed by atoms with van der Waals surface area (Å²) in [5.41, 5.74) is 1.81. The number of carbonyl (C=O) groups is 1. The first-order valence-corrected chi connectivity index (χ1v) is 11.3. The predicted octanol–water partition coefficient (Wildman–Crippen LogP) is 5.53. The first-order chi connectivity index (χ1) is 14.6. The molecule has 0 N–H and O–H groups in total. The molecule has 1 amide bonds. The van der Waals surface area contributed by atoms with Crippen molar-refractivity contribution in [2.45, 2.75) is 31.7 Å². The minimum atomic E-state index is -0.306. The molecule has 0 spiro atoms. The summed E-state index contributed by atoms with van der Waals surface area (Å²) in [6, 6.07) is 14.2. The maximum absolute atomic E-state index is 13.2. The fraction of sp³-hybridized carbons (Fsp3) is 0.458. The highest BCUT2D eigenvalue weighted by atomic mass is 35.5. The molecule has 2 aliphatic rings. The normalized spacial score (nSPS) is 19.1. The summed E-state index contributed by atoms with van der Waals surface area (Å²) in [7, 11) is 0. The van der Waals surface area contributed by atoms with Crippen LogP contribution in [0.2, 0.25) is 5.02 Å². The van der Waals surface area contributed by atoms with Crippen LogP contribution in [-0.2, 0) is 0 Å². The molecule has 4 rings (SSSR count). The van der Waals surface area contributed by atoms with E-state index in [0.717, 1.165) is 63.6 Å². The van der Waals surface area contributed by atoms with E-state index < -0.39 is 0 Å². The average Bonchev–Trinajstić information content (AvgIpc) is 2.79. The molecule has 2 aliphatic heterocycles. The molecule has 1 unspecified atom stereocenters. The molecular weight excluding hydrogens is 472 g/mol. The number of rotatable bonds is 5. The number of piperidine rings is 1. The van der Waals surface area contributed by atoms with Gasteiger partial charge in [-0.3, -0.25) is 9.69 Å². The van der Waals surface area contributed by atoms with E-state index in [1.807, 2.05) is 17.0 Å². The molecule has 2 aromatic carbocycles. The summed E-state index contributed by atoms with van der Waals surface area (Å²) in [6.45, 7) is 5.87. The van der Waals surface area contributed by atoms with Crippen molar-refractivity contribution in [3.05, 3.63) is 64.9 Å². The Morgan fingerprint density at radius 1 is 0.906 bits per heavy atom. The maximum atomic E-state index is 13.2. The standard InChI is InChI=1S/C24H29ClFN3O.2ClH/c25-20-6-10-22(11-7-20)28-17-15-27(16-18-28)14-12-23-3-1-2-13-29(23)24(30)19-4-8-21(26)9-5-19;;/h4-11,23H,1-3,12-18H2;2*1H. The number of halogens is 4. The summed E-state index contributed by atoms with van der Waals surface area (Å²) < 4.78 is 13.2. The molecular formula is C24H31Cl3FN3O. The lowest BCUT2D eigenvalue weighted by Crippen LogP contribution is -2.49. The Morgan fingerprint density at radius 2 is 1.56 bits per heavy atom. The minimum absolute atomic E-state index is 0. The van der Waals surface area contributed by atoms with Gasteiger partial charge in [0.1, 0.15) is 5.82 Å². The first kappa shape index (κ1) is 26.7. The molecule has 4 nitrogen and oxygen atoms in total. The molecule has 2 fully saturated rings. The molecule has 0 bridgehead atoms. The van der Waals surface area contributed by atoms with Gasteiger partial charge < -0.3 is 9.80 Å². The van der Waals surface area contributed by atoms with Crippen molar-refractivity contribution < 1.29 is 9.18 Å². The van der Waals surface area contributed by atoms with Gasteiger partial charge in [0.25, 0.3) is 5.91 Å². The number of anilines is 1. The Bertz CT molecular complexity index is 843. The second kappa shape index (κ2) is 12.6. The fourth-order valence-electron chi connectivity index (χ4n) is 4.54.